The highest BCUT2D eigenvalue weighted by atomic mass is 16.7. The number of amides is 1. The van der Waals surface area contributed by atoms with Gasteiger partial charge >= 0.3 is 12.1 Å². The van der Waals surface area contributed by atoms with E-state index in [4.69, 9.17) is 24.7 Å². The number of hydrogen-bond donors (Lipinski definition) is 1. The van der Waals surface area contributed by atoms with Crippen LogP contribution in [0.25, 0.3) is 0 Å². The van der Waals surface area contributed by atoms with Gasteiger partial charge in [0.15, 0.2) is 5.79 Å². The molecular formula is C16H29NO6. The van der Waals surface area contributed by atoms with Gasteiger partial charge in [-0.15, -0.1) is 0 Å². The fourth-order valence-electron chi connectivity index (χ4n) is 2.54. The Balaban J connectivity index is 2.44. The molecule has 1 heterocycles. The van der Waals surface area contributed by atoms with Gasteiger partial charge in [0.2, 0.25) is 0 Å². The van der Waals surface area contributed by atoms with Gasteiger partial charge in [-0.1, -0.05) is 13.3 Å². The van der Waals surface area contributed by atoms with E-state index in [-0.39, 0.29) is 31.2 Å². The second kappa shape index (κ2) is 7.97. The second-order valence-electron chi connectivity index (χ2n) is 7.04. The van der Waals surface area contributed by atoms with Crippen molar-refractivity contribution in [3.05, 3.63) is 0 Å². The lowest BCUT2D eigenvalue weighted by molar-refractivity contribution is -0.166. The summed E-state index contributed by atoms with van der Waals surface area (Å²) in [4.78, 5) is 23.0. The van der Waals surface area contributed by atoms with Crippen molar-refractivity contribution in [3.63, 3.8) is 0 Å². The number of esters is 1. The summed E-state index contributed by atoms with van der Waals surface area (Å²) in [6.07, 6.45) is 0.274. The summed E-state index contributed by atoms with van der Waals surface area (Å²) < 4.78 is 21.3. The smallest absolute Gasteiger partial charge is 0.404 e. The average molecular weight is 331 g/mol. The Bertz CT molecular complexity index is 421. The number of primary amides is 1. The molecule has 134 valence electrons. The normalized spacial score (nSPS) is 21.7. The van der Waals surface area contributed by atoms with E-state index in [0.29, 0.717) is 13.0 Å². The summed E-state index contributed by atoms with van der Waals surface area (Å²) in [7, 11) is 0. The van der Waals surface area contributed by atoms with Gasteiger partial charge in [-0.2, -0.15) is 0 Å². The zero-order chi connectivity index (χ0) is 17.7. The number of nitrogens with two attached hydrogens (primary N) is 1. The summed E-state index contributed by atoms with van der Waals surface area (Å²) in [5.41, 5.74) is 4.30. The van der Waals surface area contributed by atoms with E-state index in [0.717, 1.165) is 6.42 Å². The van der Waals surface area contributed by atoms with Crippen molar-refractivity contribution in [2.75, 3.05) is 19.8 Å². The second-order valence-corrected chi connectivity index (χ2v) is 7.04. The first-order valence-electron chi connectivity index (χ1n) is 7.97. The van der Waals surface area contributed by atoms with Crippen LogP contribution in [0.4, 0.5) is 4.79 Å². The number of carbonyl (C=O) groups excluding carboxylic acids is 2. The lowest BCUT2D eigenvalue weighted by Crippen LogP contribution is -2.33. The van der Waals surface area contributed by atoms with Crippen LogP contribution in [-0.2, 0) is 23.7 Å². The molecule has 1 amide bonds. The molecule has 0 aromatic heterocycles. The summed E-state index contributed by atoms with van der Waals surface area (Å²) in [5, 5.41) is 0. The minimum atomic E-state index is -0.801. The minimum absolute atomic E-state index is 0.0510. The van der Waals surface area contributed by atoms with Crippen LogP contribution in [-0.4, -0.2) is 43.8 Å². The topological polar surface area (TPSA) is 97.1 Å². The third-order valence-electron chi connectivity index (χ3n) is 3.86. The first-order valence-corrected chi connectivity index (χ1v) is 7.97. The van der Waals surface area contributed by atoms with E-state index < -0.39 is 17.3 Å². The number of carbonyl (C=O) groups is 2. The van der Waals surface area contributed by atoms with Crippen molar-refractivity contribution >= 4 is 12.1 Å². The Morgan fingerprint density at radius 3 is 2.48 bits per heavy atom. The predicted octanol–water partition coefficient (Wildman–Crippen LogP) is 2.22. The van der Waals surface area contributed by atoms with Gasteiger partial charge in [0.1, 0.15) is 12.7 Å². The Kier molecular flexibility index (Phi) is 6.83. The largest absolute Gasteiger partial charge is 0.462 e. The van der Waals surface area contributed by atoms with Crippen LogP contribution in [0.3, 0.4) is 0 Å². The first kappa shape index (κ1) is 19.7. The van der Waals surface area contributed by atoms with Crippen LogP contribution in [0.15, 0.2) is 0 Å². The quantitative estimate of drug-likeness (QED) is 0.685. The van der Waals surface area contributed by atoms with E-state index in [9.17, 15) is 9.59 Å². The molecule has 2 N–H and O–H groups in total. The third-order valence-corrected chi connectivity index (χ3v) is 3.86. The molecule has 0 aromatic rings. The van der Waals surface area contributed by atoms with Crippen LogP contribution in [0.5, 0.6) is 0 Å². The SMILES string of the molecule is CCC(COC(N)=O)CC(C)(C)C(=O)OCC1COC(C)(C)O1. The van der Waals surface area contributed by atoms with Crippen molar-refractivity contribution in [1.82, 2.24) is 0 Å². The van der Waals surface area contributed by atoms with E-state index in [1.807, 2.05) is 34.6 Å². The van der Waals surface area contributed by atoms with Crippen LogP contribution < -0.4 is 5.73 Å². The van der Waals surface area contributed by atoms with Gasteiger partial charge in [-0.3, -0.25) is 4.79 Å². The average Bonchev–Trinajstić information content (AvgIpc) is 2.79. The highest BCUT2D eigenvalue weighted by molar-refractivity contribution is 5.75. The van der Waals surface area contributed by atoms with E-state index in [1.54, 1.807) is 0 Å². The summed E-state index contributed by atoms with van der Waals surface area (Å²) in [6.45, 7) is 10.0. The fourth-order valence-corrected chi connectivity index (χ4v) is 2.54. The zero-order valence-electron chi connectivity index (χ0n) is 14.7. The summed E-state index contributed by atoms with van der Waals surface area (Å²) in [5.74, 6) is -0.884. The molecule has 0 radical (unpaired) electrons. The molecule has 1 saturated heterocycles. The Morgan fingerprint density at radius 2 is 2.00 bits per heavy atom. The number of hydrogen-bond acceptors (Lipinski definition) is 6. The van der Waals surface area contributed by atoms with Gasteiger partial charge in [-0.25, -0.2) is 4.79 Å². The van der Waals surface area contributed by atoms with Gasteiger partial charge in [-0.05, 0) is 40.0 Å². The van der Waals surface area contributed by atoms with Gasteiger partial charge in [0.05, 0.1) is 18.6 Å². The molecule has 7 nitrogen and oxygen atoms in total. The highest BCUT2D eigenvalue weighted by Crippen LogP contribution is 2.30. The maximum Gasteiger partial charge on any atom is 0.404 e. The fraction of sp³-hybridized carbons (Fsp3) is 0.875. The lowest BCUT2D eigenvalue weighted by atomic mass is 9.82. The Morgan fingerprint density at radius 1 is 1.35 bits per heavy atom. The van der Waals surface area contributed by atoms with E-state index in [2.05, 4.69) is 0 Å². The molecule has 0 bridgehead atoms. The zero-order valence-corrected chi connectivity index (χ0v) is 14.7. The summed E-state index contributed by atoms with van der Waals surface area (Å²) >= 11 is 0. The standard InChI is InChI=1S/C16H29NO6/c1-6-11(8-21-14(17)19)7-15(2,3)13(18)20-9-12-10-22-16(4,5)23-12/h11-12H,6-10H2,1-5H3,(H2,17,19). The highest BCUT2D eigenvalue weighted by Gasteiger charge is 2.36. The molecule has 1 aliphatic heterocycles. The van der Waals surface area contributed by atoms with Crippen LogP contribution in [0.1, 0.15) is 47.5 Å². The van der Waals surface area contributed by atoms with Gasteiger partial charge in [0.25, 0.3) is 0 Å². The predicted molar refractivity (Wildman–Crippen MR) is 83.6 cm³/mol. The van der Waals surface area contributed by atoms with Crippen LogP contribution in [0.2, 0.25) is 0 Å². The molecule has 0 saturated carbocycles. The molecule has 0 spiro atoms. The molecule has 7 heteroatoms. The minimum Gasteiger partial charge on any atom is -0.462 e. The molecule has 1 rings (SSSR count). The van der Waals surface area contributed by atoms with Crippen molar-refractivity contribution in [3.8, 4) is 0 Å². The van der Waals surface area contributed by atoms with E-state index in [1.165, 1.54) is 0 Å². The van der Waals surface area contributed by atoms with Crippen molar-refractivity contribution in [1.29, 1.82) is 0 Å². The molecule has 1 fully saturated rings. The molecule has 0 aromatic carbocycles. The molecule has 2 atom stereocenters. The molecular weight excluding hydrogens is 302 g/mol. The van der Waals surface area contributed by atoms with Gasteiger partial charge in [0, 0.05) is 0 Å². The third kappa shape index (κ3) is 6.74. The Labute approximate surface area is 137 Å². The lowest BCUT2D eigenvalue weighted by Gasteiger charge is -2.27. The number of rotatable bonds is 8. The monoisotopic (exact) mass is 331 g/mol. The summed E-state index contributed by atoms with van der Waals surface area (Å²) in [6, 6.07) is 0. The maximum atomic E-state index is 12.3. The van der Waals surface area contributed by atoms with Crippen molar-refractivity contribution in [2.45, 2.75) is 59.4 Å². The van der Waals surface area contributed by atoms with Gasteiger partial charge < -0.3 is 24.7 Å². The van der Waals surface area contributed by atoms with Crippen molar-refractivity contribution < 1.29 is 28.5 Å². The van der Waals surface area contributed by atoms with Crippen LogP contribution >= 0.6 is 0 Å². The Hall–Kier alpha value is -1.34. The molecule has 23 heavy (non-hydrogen) atoms. The molecule has 1 aliphatic rings. The first-order chi connectivity index (χ1) is 10.6. The van der Waals surface area contributed by atoms with Crippen LogP contribution in [0, 0.1) is 11.3 Å². The molecule has 0 aliphatic carbocycles. The molecule has 2 unspecified atom stereocenters. The van der Waals surface area contributed by atoms with Crippen molar-refractivity contribution in [2.24, 2.45) is 17.1 Å². The number of ether oxygens (including phenoxy) is 4. The van der Waals surface area contributed by atoms with E-state index >= 15 is 0 Å². The maximum absolute atomic E-state index is 12.3.